The van der Waals surface area contributed by atoms with Crippen molar-refractivity contribution in [1.82, 2.24) is 9.80 Å². The zero-order valence-corrected chi connectivity index (χ0v) is 30.9. The predicted octanol–water partition coefficient (Wildman–Crippen LogP) is 0.528. The first kappa shape index (κ1) is 37.8. The third kappa shape index (κ3) is 8.52. The molecule has 1 amide bonds. The van der Waals surface area contributed by atoms with Crippen LogP contribution in [-0.4, -0.2) is 126 Å². The standard InChI is InChI=1S/C36H47N5O7S.ClH/c1-36(2,3)26-23-30(34(46-4)31(24-26)38-49(44,45)25-41-17-11-39(12-18-41)13-19-41)37-35(43)33(42)29-9-10-32(28-8-6-5-7-27(28)29)48-22-16-40-14-20-47-21-15-40;/h5-10,23-24,38H,11-22,25H2,1-4H3;1H. The summed E-state index contributed by atoms with van der Waals surface area (Å²) in [5.41, 5.74) is 1.01. The lowest BCUT2D eigenvalue weighted by atomic mass is 9.86. The highest BCUT2D eigenvalue weighted by molar-refractivity contribution is 7.92. The zero-order valence-electron chi connectivity index (χ0n) is 29.3. The Bertz CT molecular complexity index is 1800. The fourth-order valence-corrected chi connectivity index (χ4v) is 8.60. The molecule has 4 heterocycles. The highest BCUT2D eigenvalue weighted by Crippen LogP contribution is 2.40. The number of amides is 1. The van der Waals surface area contributed by atoms with Gasteiger partial charge in [0.25, 0.3) is 21.7 Å². The molecule has 0 radical (unpaired) electrons. The number of benzene rings is 3. The number of nitrogens with zero attached hydrogens (tertiary/aromatic N) is 3. The van der Waals surface area contributed by atoms with Gasteiger partial charge in [-0.2, -0.15) is 0 Å². The summed E-state index contributed by atoms with van der Waals surface area (Å²) in [6.07, 6.45) is 0. The Kier molecular flexibility index (Phi) is 11.7. The summed E-state index contributed by atoms with van der Waals surface area (Å²) < 4.78 is 47.9. The van der Waals surface area contributed by atoms with E-state index in [1.807, 2.05) is 39.0 Å². The van der Waals surface area contributed by atoms with Crippen molar-refractivity contribution in [2.24, 2.45) is 0 Å². The number of sulfonamides is 1. The van der Waals surface area contributed by atoms with E-state index in [0.717, 1.165) is 69.9 Å². The van der Waals surface area contributed by atoms with Crippen molar-refractivity contribution < 1.29 is 49.1 Å². The average molecular weight is 730 g/mol. The number of methoxy groups -OCH3 is 1. The molecule has 0 aromatic heterocycles. The highest BCUT2D eigenvalue weighted by Gasteiger charge is 2.42. The molecule has 2 bridgehead atoms. The van der Waals surface area contributed by atoms with E-state index in [4.69, 9.17) is 14.2 Å². The molecule has 0 spiro atoms. The number of fused-ring (bicyclic) bond motifs is 4. The normalized spacial score (nSPS) is 20.9. The van der Waals surface area contributed by atoms with E-state index in [2.05, 4.69) is 19.8 Å². The van der Waals surface area contributed by atoms with Gasteiger partial charge in [-0.25, -0.2) is 8.42 Å². The van der Waals surface area contributed by atoms with Gasteiger partial charge in [0.1, 0.15) is 12.4 Å². The van der Waals surface area contributed by atoms with Gasteiger partial charge in [-0.3, -0.25) is 24.1 Å². The van der Waals surface area contributed by atoms with Gasteiger partial charge in [0, 0.05) is 50.2 Å². The second-order valence-electron chi connectivity index (χ2n) is 14.3. The average Bonchev–Trinajstić information content (AvgIpc) is 3.08. The van der Waals surface area contributed by atoms with Crippen molar-refractivity contribution >= 4 is 43.9 Å². The molecule has 2 N–H and O–H groups in total. The molecule has 4 aliphatic rings. The summed E-state index contributed by atoms with van der Waals surface area (Å²) in [6, 6.07) is 14.2. The van der Waals surface area contributed by atoms with Crippen molar-refractivity contribution in [2.45, 2.75) is 26.2 Å². The molecule has 50 heavy (non-hydrogen) atoms. The minimum atomic E-state index is -3.80. The monoisotopic (exact) mass is 729 g/mol. The van der Waals surface area contributed by atoms with Crippen LogP contribution in [0.15, 0.2) is 48.5 Å². The first-order valence-corrected chi connectivity index (χ1v) is 18.6. The Morgan fingerprint density at radius 2 is 1.56 bits per heavy atom. The summed E-state index contributed by atoms with van der Waals surface area (Å²) in [4.78, 5) is 32.1. The number of carbonyl (C=O) groups excluding carboxylic acids is 2. The molecule has 3 aromatic rings. The summed E-state index contributed by atoms with van der Waals surface area (Å²) in [6.45, 7) is 15.4. The first-order valence-electron chi connectivity index (χ1n) is 17.0. The van der Waals surface area contributed by atoms with Crippen molar-refractivity contribution in [1.29, 1.82) is 0 Å². The maximum Gasteiger partial charge on any atom is 0.296 e. The van der Waals surface area contributed by atoms with Crippen molar-refractivity contribution in [3.05, 3.63) is 59.7 Å². The van der Waals surface area contributed by atoms with Crippen molar-refractivity contribution in [3.8, 4) is 11.5 Å². The molecule has 4 fully saturated rings. The van der Waals surface area contributed by atoms with Gasteiger partial charge >= 0.3 is 0 Å². The molecule has 272 valence electrons. The van der Waals surface area contributed by atoms with Crippen LogP contribution >= 0.6 is 0 Å². The second-order valence-corrected chi connectivity index (χ2v) is 16.0. The zero-order chi connectivity index (χ0) is 34.8. The summed E-state index contributed by atoms with van der Waals surface area (Å²) in [5, 5.41) is 4.08. The van der Waals surface area contributed by atoms with Gasteiger partial charge in [0.05, 0.1) is 51.3 Å². The van der Waals surface area contributed by atoms with Crippen LogP contribution in [0, 0.1) is 0 Å². The molecule has 4 aliphatic heterocycles. The smallest absolute Gasteiger partial charge is 0.296 e. The molecule has 14 heteroatoms. The molecule has 0 unspecified atom stereocenters. The maximum atomic E-state index is 13.8. The predicted molar refractivity (Wildman–Crippen MR) is 190 cm³/mol. The Morgan fingerprint density at radius 1 is 0.920 bits per heavy atom. The van der Waals surface area contributed by atoms with Crippen LogP contribution in [0.2, 0.25) is 0 Å². The number of morpholine rings is 1. The van der Waals surface area contributed by atoms with E-state index >= 15 is 0 Å². The lowest BCUT2D eigenvalue weighted by Gasteiger charge is -2.49. The van der Waals surface area contributed by atoms with Gasteiger partial charge in [-0.05, 0) is 40.6 Å². The van der Waals surface area contributed by atoms with Gasteiger partial charge < -0.3 is 36.4 Å². The molecule has 3 aromatic carbocycles. The number of rotatable bonds is 12. The van der Waals surface area contributed by atoms with E-state index in [9.17, 15) is 18.0 Å². The number of piperazine rings is 3. The van der Waals surface area contributed by atoms with Crippen LogP contribution in [0.4, 0.5) is 11.4 Å². The quantitative estimate of drug-likeness (QED) is 0.156. The van der Waals surface area contributed by atoms with Gasteiger partial charge in [-0.1, -0.05) is 45.0 Å². The lowest BCUT2D eigenvalue weighted by Crippen LogP contribution is -3.00. The number of carbonyl (C=O) groups is 2. The van der Waals surface area contributed by atoms with Gasteiger partial charge in [0.2, 0.25) is 0 Å². The summed E-state index contributed by atoms with van der Waals surface area (Å²) in [5.74, 6) is -0.872. The molecule has 12 nitrogen and oxygen atoms in total. The number of quaternary nitrogens is 1. The van der Waals surface area contributed by atoms with E-state index < -0.39 is 27.1 Å². The SMILES string of the molecule is COc1c(NC(=O)C(=O)c2ccc(OCCN3CCOCC3)c3ccccc23)cc(C(C)(C)C)cc1NS(=O)(=O)C[N+]12CCN(CC1)CC2.[Cl-]. The molecule has 7 rings (SSSR count). The number of ether oxygens (including phenoxy) is 3. The third-order valence-electron chi connectivity index (χ3n) is 9.89. The van der Waals surface area contributed by atoms with Crippen LogP contribution in [0.25, 0.3) is 10.8 Å². The van der Waals surface area contributed by atoms with Crippen molar-refractivity contribution in [2.75, 3.05) is 102 Å². The van der Waals surface area contributed by atoms with E-state index in [1.165, 1.54) is 7.11 Å². The number of halogens is 1. The van der Waals surface area contributed by atoms with Crippen molar-refractivity contribution in [3.63, 3.8) is 0 Å². The maximum absolute atomic E-state index is 13.8. The number of anilines is 2. The molecular weight excluding hydrogens is 682 g/mol. The molecule has 4 saturated heterocycles. The number of hydrogen-bond acceptors (Lipinski definition) is 9. The Balaban J connectivity index is 0.00000486. The fraction of sp³-hybridized carbons (Fsp3) is 0.500. The summed E-state index contributed by atoms with van der Waals surface area (Å²) >= 11 is 0. The minimum Gasteiger partial charge on any atom is -1.00 e. The number of nitrogens with one attached hydrogen (secondary N) is 2. The van der Waals surface area contributed by atoms with Gasteiger partial charge in [-0.15, -0.1) is 0 Å². The number of Topliss-reactive ketones (excluding diaryl/α,β-unsaturated/α-hetero) is 1. The van der Waals surface area contributed by atoms with Crippen LogP contribution < -0.4 is 31.9 Å². The van der Waals surface area contributed by atoms with Crippen LogP contribution in [0.5, 0.6) is 11.5 Å². The molecule has 0 atom stereocenters. The third-order valence-corrected chi connectivity index (χ3v) is 11.3. The van der Waals surface area contributed by atoms with E-state index in [-0.39, 0.29) is 41.0 Å². The molecular formula is C36H48ClN5O7S. The topological polar surface area (TPSA) is 127 Å². The lowest BCUT2D eigenvalue weighted by molar-refractivity contribution is -0.930. The van der Waals surface area contributed by atoms with Crippen LogP contribution in [0.1, 0.15) is 36.7 Å². The molecule has 0 saturated carbocycles. The van der Waals surface area contributed by atoms with Gasteiger partial charge in [0.15, 0.2) is 11.6 Å². The Hall–Kier alpha value is -3.46. The van der Waals surface area contributed by atoms with Crippen LogP contribution in [0.3, 0.4) is 0 Å². The Labute approximate surface area is 301 Å². The first-order chi connectivity index (χ1) is 23.4. The minimum absolute atomic E-state index is 0. The number of ketones is 1. The Morgan fingerprint density at radius 3 is 2.20 bits per heavy atom. The summed E-state index contributed by atoms with van der Waals surface area (Å²) in [7, 11) is -2.38. The fourth-order valence-electron chi connectivity index (χ4n) is 6.94. The molecule has 0 aliphatic carbocycles. The highest BCUT2D eigenvalue weighted by atomic mass is 35.5. The second kappa shape index (κ2) is 15.4. The van der Waals surface area contributed by atoms with Crippen LogP contribution in [-0.2, 0) is 25.0 Å². The van der Waals surface area contributed by atoms with E-state index in [0.29, 0.717) is 35.4 Å². The van der Waals surface area contributed by atoms with E-state index in [1.54, 1.807) is 30.3 Å². The number of hydrogen-bond donors (Lipinski definition) is 2. The largest absolute Gasteiger partial charge is 1.00 e.